The van der Waals surface area contributed by atoms with Gasteiger partial charge in [0.2, 0.25) is 11.8 Å². The number of hydrazine groups is 1. The summed E-state index contributed by atoms with van der Waals surface area (Å²) in [7, 11) is 0. The lowest BCUT2D eigenvalue weighted by molar-refractivity contribution is -0.385. The van der Waals surface area contributed by atoms with Crippen LogP contribution in [0.5, 0.6) is 0 Å². The van der Waals surface area contributed by atoms with Crippen LogP contribution in [0.2, 0.25) is 0 Å². The van der Waals surface area contributed by atoms with Crippen LogP contribution in [0.25, 0.3) is 0 Å². The number of aliphatic hydroxyl groups excluding tert-OH is 1. The van der Waals surface area contributed by atoms with Gasteiger partial charge in [-0.15, -0.1) is 0 Å². The maximum Gasteiger partial charge on any atom is 0.332 e. The molecule has 0 bridgehead atoms. The average Bonchev–Trinajstić information content (AvgIpc) is 2.33. The van der Waals surface area contributed by atoms with Gasteiger partial charge in [0.25, 0.3) is 0 Å². The molecule has 9 heteroatoms. The summed E-state index contributed by atoms with van der Waals surface area (Å²) >= 11 is 0. The van der Waals surface area contributed by atoms with Crippen LogP contribution in [0.1, 0.15) is 25.5 Å². The highest BCUT2D eigenvalue weighted by molar-refractivity contribution is 5.60. The number of aliphatic hydroxyl groups is 1. The molecule has 0 spiro atoms. The predicted molar refractivity (Wildman–Crippen MR) is 70.6 cm³/mol. The summed E-state index contributed by atoms with van der Waals surface area (Å²) in [6.07, 6.45) is 0.876. The van der Waals surface area contributed by atoms with Crippen LogP contribution in [0, 0.1) is 17.0 Å². The van der Waals surface area contributed by atoms with Crippen LogP contribution in [0.4, 0.5) is 17.5 Å². The molecule has 106 valence electrons. The van der Waals surface area contributed by atoms with Gasteiger partial charge in [-0.05, 0) is 26.7 Å². The Bertz CT molecular complexity index is 451. The van der Waals surface area contributed by atoms with Gasteiger partial charge in [-0.2, -0.15) is 4.98 Å². The van der Waals surface area contributed by atoms with E-state index >= 15 is 0 Å². The smallest absolute Gasteiger partial charge is 0.332 e. The summed E-state index contributed by atoms with van der Waals surface area (Å²) in [5.41, 5.74) is 2.32. The van der Waals surface area contributed by atoms with Gasteiger partial charge >= 0.3 is 5.69 Å². The summed E-state index contributed by atoms with van der Waals surface area (Å²) < 4.78 is 0. The van der Waals surface area contributed by atoms with Gasteiger partial charge in [0, 0.05) is 6.54 Å². The first-order chi connectivity index (χ1) is 8.95. The minimum atomic E-state index is -0.535. The van der Waals surface area contributed by atoms with E-state index < -0.39 is 11.0 Å². The first-order valence-electron chi connectivity index (χ1n) is 5.87. The van der Waals surface area contributed by atoms with Crippen molar-refractivity contribution in [2.75, 3.05) is 17.3 Å². The molecule has 0 aliphatic rings. The number of rotatable bonds is 7. The third-order valence-electron chi connectivity index (χ3n) is 2.46. The second kappa shape index (κ2) is 6.81. The van der Waals surface area contributed by atoms with E-state index in [1.54, 1.807) is 6.92 Å². The molecule has 19 heavy (non-hydrogen) atoms. The molecule has 1 rings (SSSR count). The van der Waals surface area contributed by atoms with Crippen LogP contribution in [0.3, 0.4) is 0 Å². The van der Waals surface area contributed by atoms with Gasteiger partial charge in [0.05, 0.1) is 11.0 Å². The number of nitro groups is 1. The lowest BCUT2D eigenvalue weighted by Crippen LogP contribution is -2.15. The third-order valence-corrected chi connectivity index (χ3v) is 2.46. The SMILES string of the molecule is Cc1nc(NN)nc(NCCCC(C)O)c1[N+](=O)[O-]. The molecule has 5 N–H and O–H groups in total. The Kier molecular flexibility index (Phi) is 5.39. The topological polar surface area (TPSA) is 139 Å². The van der Waals surface area contributed by atoms with Crippen molar-refractivity contribution in [2.24, 2.45) is 5.84 Å². The molecule has 0 saturated heterocycles. The van der Waals surface area contributed by atoms with Gasteiger partial charge in [-0.3, -0.25) is 15.5 Å². The van der Waals surface area contributed by atoms with E-state index in [1.807, 2.05) is 0 Å². The van der Waals surface area contributed by atoms with Crippen molar-refractivity contribution in [2.45, 2.75) is 32.8 Å². The minimum Gasteiger partial charge on any atom is -0.393 e. The van der Waals surface area contributed by atoms with Gasteiger partial charge in [-0.25, -0.2) is 10.8 Å². The Balaban J connectivity index is 2.84. The zero-order valence-electron chi connectivity index (χ0n) is 10.9. The molecule has 9 nitrogen and oxygen atoms in total. The Labute approximate surface area is 110 Å². The Morgan fingerprint density at radius 3 is 2.74 bits per heavy atom. The predicted octanol–water partition coefficient (Wildman–Crippen LogP) is 0.552. The van der Waals surface area contributed by atoms with E-state index in [4.69, 9.17) is 10.9 Å². The summed E-state index contributed by atoms with van der Waals surface area (Å²) in [5, 5.41) is 23.0. The van der Waals surface area contributed by atoms with Crippen LogP contribution in [0.15, 0.2) is 0 Å². The molecule has 0 fully saturated rings. The van der Waals surface area contributed by atoms with Crippen LogP contribution in [-0.4, -0.2) is 32.6 Å². The van der Waals surface area contributed by atoms with E-state index in [0.29, 0.717) is 19.4 Å². The number of aryl methyl sites for hydroxylation is 1. The van der Waals surface area contributed by atoms with E-state index in [9.17, 15) is 10.1 Å². The van der Waals surface area contributed by atoms with Gasteiger partial charge in [0.1, 0.15) is 5.69 Å². The number of nitrogen functional groups attached to an aromatic ring is 1. The second-order valence-corrected chi connectivity index (χ2v) is 4.15. The second-order valence-electron chi connectivity index (χ2n) is 4.15. The highest BCUT2D eigenvalue weighted by Gasteiger charge is 2.21. The molecule has 0 amide bonds. The van der Waals surface area contributed by atoms with Crippen molar-refractivity contribution < 1.29 is 10.0 Å². The highest BCUT2D eigenvalue weighted by atomic mass is 16.6. The number of hydrogen-bond donors (Lipinski definition) is 4. The summed E-state index contributed by atoms with van der Waals surface area (Å²) in [6, 6.07) is 0. The van der Waals surface area contributed by atoms with Crippen LogP contribution in [-0.2, 0) is 0 Å². The number of hydrogen-bond acceptors (Lipinski definition) is 8. The number of aromatic nitrogens is 2. The molecule has 1 unspecified atom stereocenters. The molecule has 1 atom stereocenters. The first-order valence-corrected chi connectivity index (χ1v) is 5.87. The standard InChI is InChI=1S/C10H18N6O3/c1-6(17)4-3-5-12-9-8(16(18)19)7(2)13-10(14-9)15-11/h6,17H,3-5,11H2,1-2H3,(H2,12,13,14,15). The van der Waals surface area contributed by atoms with Crippen LogP contribution < -0.4 is 16.6 Å². The molecule has 1 aromatic rings. The Morgan fingerprint density at radius 1 is 1.53 bits per heavy atom. The van der Waals surface area contributed by atoms with E-state index in [2.05, 4.69) is 20.7 Å². The molecule has 0 aliphatic heterocycles. The summed E-state index contributed by atoms with van der Waals surface area (Å²) in [4.78, 5) is 18.2. The number of nitrogens with zero attached hydrogens (tertiary/aromatic N) is 3. The molecule has 0 saturated carbocycles. The third kappa shape index (κ3) is 4.30. The van der Waals surface area contributed by atoms with Crippen molar-refractivity contribution >= 4 is 17.5 Å². The van der Waals surface area contributed by atoms with Crippen molar-refractivity contribution in [1.29, 1.82) is 0 Å². The molecular weight excluding hydrogens is 252 g/mol. The fourth-order valence-electron chi connectivity index (χ4n) is 1.58. The van der Waals surface area contributed by atoms with Gasteiger partial charge in [-0.1, -0.05) is 0 Å². The maximum atomic E-state index is 11.0. The lowest BCUT2D eigenvalue weighted by Gasteiger charge is -2.09. The van der Waals surface area contributed by atoms with E-state index in [0.717, 1.165) is 0 Å². The fraction of sp³-hybridized carbons (Fsp3) is 0.600. The van der Waals surface area contributed by atoms with Gasteiger partial charge < -0.3 is 10.4 Å². The molecule has 0 radical (unpaired) electrons. The summed E-state index contributed by atoms with van der Waals surface area (Å²) in [6.45, 7) is 3.67. The quantitative estimate of drug-likeness (QED) is 0.244. The molecule has 0 aromatic carbocycles. The van der Waals surface area contributed by atoms with Gasteiger partial charge in [0.15, 0.2) is 0 Å². The zero-order chi connectivity index (χ0) is 14.4. The molecular formula is C10H18N6O3. The average molecular weight is 270 g/mol. The zero-order valence-corrected chi connectivity index (χ0v) is 10.9. The summed E-state index contributed by atoms with van der Waals surface area (Å²) in [5.74, 6) is 5.44. The monoisotopic (exact) mass is 270 g/mol. The Morgan fingerprint density at radius 2 is 2.21 bits per heavy atom. The van der Waals surface area contributed by atoms with E-state index in [1.165, 1.54) is 6.92 Å². The maximum absolute atomic E-state index is 11.0. The Hall–Kier alpha value is -2.00. The lowest BCUT2D eigenvalue weighted by atomic mass is 10.2. The minimum absolute atomic E-state index is 0.112. The molecule has 1 aromatic heterocycles. The van der Waals surface area contributed by atoms with Crippen molar-refractivity contribution in [1.82, 2.24) is 9.97 Å². The molecule has 0 aliphatic carbocycles. The number of anilines is 2. The van der Waals surface area contributed by atoms with Crippen molar-refractivity contribution in [3.63, 3.8) is 0 Å². The fourth-order valence-corrected chi connectivity index (χ4v) is 1.58. The van der Waals surface area contributed by atoms with Crippen LogP contribution >= 0.6 is 0 Å². The first kappa shape index (κ1) is 15.1. The normalized spacial score (nSPS) is 12.0. The number of nitrogens with one attached hydrogen (secondary N) is 2. The van der Waals surface area contributed by atoms with Crippen molar-refractivity contribution in [3.05, 3.63) is 15.8 Å². The molecule has 1 heterocycles. The van der Waals surface area contributed by atoms with Crippen molar-refractivity contribution in [3.8, 4) is 0 Å². The number of nitrogens with two attached hydrogens (primary N) is 1. The van der Waals surface area contributed by atoms with E-state index in [-0.39, 0.29) is 23.1 Å². The highest BCUT2D eigenvalue weighted by Crippen LogP contribution is 2.26. The largest absolute Gasteiger partial charge is 0.393 e.